The Labute approximate surface area is 176 Å². The monoisotopic (exact) mass is 418 g/mol. The molecule has 0 spiro atoms. The van der Waals surface area contributed by atoms with Crippen LogP contribution in [0.15, 0.2) is 65.5 Å². The first-order chi connectivity index (χ1) is 14.9. The highest BCUT2D eigenvalue weighted by molar-refractivity contribution is 6.45. The van der Waals surface area contributed by atoms with Crippen molar-refractivity contribution in [2.75, 3.05) is 6.54 Å². The highest BCUT2D eigenvalue weighted by atomic mass is 19.1. The molecule has 0 saturated heterocycles. The minimum absolute atomic E-state index is 0.0474. The molecule has 0 fully saturated rings. The molecule has 7 nitrogen and oxygen atoms in total. The summed E-state index contributed by atoms with van der Waals surface area (Å²) in [6.07, 6.45) is 0. The van der Waals surface area contributed by atoms with Crippen LogP contribution in [0, 0.1) is 12.7 Å². The second-order valence-electron chi connectivity index (χ2n) is 7.04. The van der Waals surface area contributed by atoms with E-state index in [1.807, 2.05) is 12.1 Å². The Balaban J connectivity index is 1.45. The number of rotatable bonds is 6. The Bertz CT molecular complexity index is 1340. The van der Waals surface area contributed by atoms with E-state index in [2.05, 4.69) is 15.4 Å². The summed E-state index contributed by atoms with van der Waals surface area (Å²) in [6.45, 7) is 1.87. The molecule has 0 radical (unpaired) electrons. The van der Waals surface area contributed by atoms with Crippen molar-refractivity contribution in [1.82, 2.24) is 20.1 Å². The first-order valence-electron chi connectivity index (χ1n) is 9.68. The number of para-hydroxylation sites is 1. The van der Waals surface area contributed by atoms with Crippen molar-refractivity contribution < 1.29 is 14.0 Å². The number of aromatic nitrogens is 3. The van der Waals surface area contributed by atoms with Gasteiger partial charge in [0, 0.05) is 34.8 Å². The predicted octanol–water partition coefficient (Wildman–Crippen LogP) is 2.84. The number of halogens is 1. The molecule has 0 bridgehead atoms. The molecule has 0 aliphatic carbocycles. The van der Waals surface area contributed by atoms with Crippen LogP contribution >= 0.6 is 0 Å². The molecule has 2 aromatic carbocycles. The molecule has 8 heteroatoms. The van der Waals surface area contributed by atoms with E-state index in [-0.39, 0.29) is 24.5 Å². The van der Waals surface area contributed by atoms with Gasteiger partial charge in [-0.05, 0) is 43.3 Å². The summed E-state index contributed by atoms with van der Waals surface area (Å²) < 4.78 is 14.3. The molecule has 4 rings (SSSR count). The number of carbonyl (C=O) groups is 2. The van der Waals surface area contributed by atoms with E-state index >= 15 is 0 Å². The molecular formula is C23H19FN4O3. The number of amides is 1. The van der Waals surface area contributed by atoms with Crippen LogP contribution in [0.2, 0.25) is 0 Å². The lowest BCUT2D eigenvalue weighted by atomic mass is 10.1. The van der Waals surface area contributed by atoms with Crippen LogP contribution in [0.5, 0.6) is 0 Å². The standard InChI is InChI=1S/C23H19FN4O3/c1-14-21(17-4-2-3-5-19(17)26-14)22(30)23(31)25-12-13-28-20(29)11-10-18(27-28)15-6-8-16(24)9-7-15/h2-11,26H,12-13H2,1H3,(H,25,31). The van der Waals surface area contributed by atoms with Gasteiger partial charge in [-0.1, -0.05) is 18.2 Å². The van der Waals surface area contributed by atoms with E-state index in [9.17, 15) is 18.8 Å². The molecule has 4 aromatic rings. The maximum Gasteiger partial charge on any atom is 0.292 e. The molecule has 0 unspecified atom stereocenters. The van der Waals surface area contributed by atoms with E-state index in [4.69, 9.17) is 0 Å². The van der Waals surface area contributed by atoms with Crippen LogP contribution in [0.1, 0.15) is 16.1 Å². The number of hydrogen-bond acceptors (Lipinski definition) is 4. The van der Waals surface area contributed by atoms with Crippen molar-refractivity contribution >= 4 is 22.6 Å². The number of nitrogens with one attached hydrogen (secondary N) is 2. The van der Waals surface area contributed by atoms with Crippen molar-refractivity contribution in [3.05, 3.63) is 88.1 Å². The van der Waals surface area contributed by atoms with E-state index in [1.54, 1.807) is 37.3 Å². The number of nitrogens with zero attached hydrogens (tertiary/aromatic N) is 2. The molecule has 0 aliphatic heterocycles. The molecule has 2 N–H and O–H groups in total. The lowest BCUT2D eigenvalue weighted by Crippen LogP contribution is -2.36. The van der Waals surface area contributed by atoms with Crippen LogP contribution in [0.3, 0.4) is 0 Å². The molecule has 156 valence electrons. The van der Waals surface area contributed by atoms with Gasteiger partial charge in [0.15, 0.2) is 0 Å². The maximum absolute atomic E-state index is 13.1. The number of Topliss-reactive ketones (excluding diaryl/α,β-unsaturated/α-hetero) is 1. The minimum Gasteiger partial charge on any atom is -0.358 e. The van der Waals surface area contributed by atoms with Crippen LogP contribution in [-0.4, -0.2) is 33.0 Å². The van der Waals surface area contributed by atoms with Gasteiger partial charge in [-0.2, -0.15) is 5.10 Å². The number of aromatic amines is 1. The average Bonchev–Trinajstić information content (AvgIpc) is 3.10. The van der Waals surface area contributed by atoms with Gasteiger partial charge >= 0.3 is 0 Å². The molecule has 0 saturated carbocycles. The highest BCUT2D eigenvalue weighted by Gasteiger charge is 2.22. The van der Waals surface area contributed by atoms with Gasteiger partial charge < -0.3 is 10.3 Å². The van der Waals surface area contributed by atoms with Gasteiger partial charge in [-0.15, -0.1) is 0 Å². The zero-order chi connectivity index (χ0) is 22.0. The molecule has 2 heterocycles. The third kappa shape index (κ3) is 4.13. The van der Waals surface area contributed by atoms with Crippen molar-refractivity contribution in [1.29, 1.82) is 0 Å². The summed E-state index contributed by atoms with van der Waals surface area (Å²) in [5.74, 6) is -1.76. The fourth-order valence-electron chi connectivity index (χ4n) is 3.42. The Morgan fingerprint density at radius 2 is 1.81 bits per heavy atom. The van der Waals surface area contributed by atoms with Crippen molar-refractivity contribution in [3.63, 3.8) is 0 Å². The Morgan fingerprint density at radius 1 is 1.06 bits per heavy atom. The molecule has 2 aromatic heterocycles. The lowest BCUT2D eigenvalue weighted by Gasteiger charge is -2.08. The zero-order valence-electron chi connectivity index (χ0n) is 16.7. The number of H-pyrrole nitrogens is 1. The zero-order valence-corrected chi connectivity index (χ0v) is 16.7. The smallest absolute Gasteiger partial charge is 0.292 e. The summed E-state index contributed by atoms with van der Waals surface area (Å²) >= 11 is 0. The normalized spacial score (nSPS) is 10.9. The van der Waals surface area contributed by atoms with Gasteiger partial charge in [0.1, 0.15) is 5.82 Å². The van der Waals surface area contributed by atoms with Crippen LogP contribution in [0.25, 0.3) is 22.2 Å². The number of fused-ring (bicyclic) bond motifs is 1. The van der Waals surface area contributed by atoms with Gasteiger partial charge in [0.2, 0.25) is 0 Å². The summed E-state index contributed by atoms with van der Waals surface area (Å²) in [5.41, 5.74) is 2.54. The molecule has 0 aliphatic rings. The quantitative estimate of drug-likeness (QED) is 0.372. The third-order valence-electron chi connectivity index (χ3n) is 4.94. The van der Waals surface area contributed by atoms with E-state index in [1.165, 1.54) is 22.9 Å². The Morgan fingerprint density at radius 3 is 2.58 bits per heavy atom. The third-order valence-corrected chi connectivity index (χ3v) is 4.94. The number of aryl methyl sites for hydroxylation is 1. The molecule has 1 amide bonds. The van der Waals surface area contributed by atoms with E-state index < -0.39 is 11.7 Å². The number of benzene rings is 2. The average molecular weight is 418 g/mol. The van der Waals surface area contributed by atoms with Gasteiger partial charge in [-0.3, -0.25) is 14.4 Å². The second-order valence-corrected chi connectivity index (χ2v) is 7.04. The van der Waals surface area contributed by atoms with Crippen molar-refractivity contribution in [2.24, 2.45) is 0 Å². The first-order valence-corrected chi connectivity index (χ1v) is 9.68. The van der Waals surface area contributed by atoms with Gasteiger partial charge in [0.05, 0.1) is 17.8 Å². The Hall–Kier alpha value is -4.07. The topological polar surface area (TPSA) is 96.8 Å². The van der Waals surface area contributed by atoms with E-state index in [0.29, 0.717) is 27.9 Å². The van der Waals surface area contributed by atoms with Gasteiger partial charge in [-0.25, -0.2) is 9.07 Å². The Kier molecular flexibility index (Phi) is 5.44. The van der Waals surface area contributed by atoms with E-state index in [0.717, 1.165) is 5.52 Å². The summed E-state index contributed by atoms with van der Waals surface area (Å²) in [7, 11) is 0. The van der Waals surface area contributed by atoms with Crippen LogP contribution in [-0.2, 0) is 11.3 Å². The second kappa shape index (κ2) is 8.35. The molecule has 0 atom stereocenters. The first kappa shape index (κ1) is 20.2. The largest absolute Gasteiger partial charge is 0.358 e. The summed E-state index contributed by atoms with van der Waals surface area (Å²) in [5, 5.41) is 7.50. The summed E-state index contributed by atoms with van der Waals surface area (Å²) in [4.78, 5) is 40.3. The fraction of sp³-hybridized carbons (Fsp3) is 0.130. The maximum atomic E-state index is 13.1. The van der Waals surface area contributed by atoms with Crippen LogP contribution < -0.4 is 10.9 Å². The van der Waals surface area contributed by atoms with Crippen LogP contribution in [0.4, 0.5) is 4.39 Å². The van der Waals surface area contributed by atoms with Crippen molar-refractivity contribution in [3.8, 4) is 11.3 Å². The highest BCUT2D eigenvalue weighted by Crippen LogP contribution is 2.22. The lowest BCUT2D eigenvalue weighted by molar-refractivity contribution is -0.117. The van der Waals surface area contributed by atoms with Crippen molar-refractivity contribution in [2.45, 2.75) is 13.5 Å². The predicted molar refractivity (Wildman–Crippen MR) is 114 cm³/mol. The fourth-order valence-corrected chi connectivity index (χ4v) is 3.42. The number of carbonyl (C=O) groups excluding carboxylic acids is 2. The number of hydrogen-bond donors (Lipinski definition) is 2. The van der Waals surface area contributed by atoms with Gasteiger partial charge in [0.25, 0.3) is 17.2 Å². The summed E-state index contributed by atoms with van der Waals surface area (Å²) in [6, 6.07) is 15.9. The minimum atomic E-state index is -0.754. The molecule has 31 heavy (non-hydrogen) atoms. The SMILES string of the molecule is Cc1[nH]c2ccccc2c1C(=O)C(=O)NCCn1nc(-c2ccc(F)cc2)ccc1=O. The number of ketones is 1. The molecular weight excluding hydrogens is 399 g/mol.